The van der Waals surface area contributed by atoms with Crippen molar-refractivity contribution >= 4 is 23.3 Å². The predicted octanol–water partition coefficient (Wildman–Crippen LogP) is 3.35. The first-order valence-electron chi connectivity index (χ1n) is 9.48. The molecule has 0 saturated heterocycles. The molecular formula is C21H22N6O2S. The molecule has 0 aliphatic rings. The number of carbonyl (C=O) groups excluding carboxylic acids is 1. The summed E-state index contributed by atoms with van der Waals surface area (Å²) in [5, 5.41) is 18.7. The van der Waals surface area contributed by atoms with Gasteiger partial charge in [0.25, 0.3) is 5.91 Å². The van der Waals surface area contributed by atoms with Crippen molar-refractivity contribution in [1.29, 1.82) is 0 Å². The van der Waals surface area contributed by atoms with Gasteiger partial charge in [0.1, 0.15) is 5.75 Å². The van der Waals surface area contributed by atoms with Crippen LogP contribution in [0, 0.1) is 0 Å². The lowest BCUT2D eigenvalue weighted by molar-refractivity contribution is 0.0934. The monoisotopic (exact) mass is 422 g/mol. The molecule has 0 radical (unpaired) electrons. The number of aromatic amines is 1. The molecule has 0 fully saturated rings. The number of hydrogen-bond acceptors (Lipinski definition) is 6. The molecule has 1 amide bonds. The summed E-state index contributed by atoms with van der Waals surface area (Å²) in [6, 6.07) is 12.9. The molecule has 0 bridgehead atoms. The molecule has 0 saturated carbocycles. The van der Waals surface area contributed by atoms with Crippen molar-refractivity contribution in [3.63, 3.8) is 0 Å². The lowest BCUT2D eigenvalue weighted by atomic mass is 10.1. The number of benzene rings is 1. The summed E-state index contributed by atoms with van der Waals surface area (Å²) in [7, 11) is 1.62. The van der Waals surface area contributed by atoms with Crippen molar-refractivity contribution < 1.29 is 9.53 Å². The summed E-state index contributed by atoms with van der Waals surface area (Å²) in [5.74, 6) is 2.12. The van der Waals surface area contributed by atoms with Gasteiger partial charge in [0.05, 0.1) is 30.6 Å². The Labute approximate surface area is 178 Å². The Hall–Kier alpha value is -3.33. The van der Waals surface area contributed by atoms with E-state index in [1.807, 2.05) is 59.3 Å². The van der Waals surface area contributed by atoms with Crippen LogP contribution >= 0.6 is 11.8 Å². The van der Waals surface area contributed by atoms with Crippen molar-refractivity contribution in [3.8, 4) is 17.0 Å². The summed E-state index contributed by atoms with van der Waals surface area (Å²) in [6.07, 6.45) is 6.23. The Morgan fingerprint density at radius 2 is 2.07 bits per heavy atom. The minimum Gasteiger partial charge on any atom is -0.497 e. The zero-order valence-corrected chi connectivity index (χ0v) is 17.5. The predicted molar refractivity (Wildman–Crippen MR) is 117 cm³/mol. The second-order valence-electron chi connectivity index (χ2n) is 6.68. The first kappa shape index (κ1) is 20.0. The number of methoxy groups -OCH3 is 1. The molecule has 0 spiro atoms. The van der Waals surface area contributed by atoms with E-state index in [0.29, 0.717) is 17.1 Å². The summed E-state index contributed by atoms with van der Waals surface area (Å²) < 4.78 is 7.12. The van der Waals surface area contributed by atoms with Crippen LogP contribution in [0.15, 0.2) is 54.9 Å². The number of pyridine rings is 1. The number of fused-ring (bicyclic) bond motifs is 1. The normalized spacial score (nSPS) is 12.1. The van der Waals surface area contributed by atoms with Crippen molar-refractivity contribution in [2.24, 2.45) is 0 Å². The van der Waals surface area contributed by atoms with Crippen LogP contribution < -0.4 is 10.1 Å². The molecule has 2 N–H and O–H groups in total. The minimum atomic E-state index is -0.277. The Bertz CT molecular complexity index is 1140. The Morgan fingerprint density at radius 3 is 2.83 bits per heavy atom. The molecule has 3 aromatic heterocycles. The van der Waals surface area contributed by atoms with Gasteiger partial charge in [0.15, 0.2) is 11.5 Å². The number of thioether (sulfide) groups is 1. The molecule has 4 rings (SSSR count). The highest BCUT2D eigenvalue weighted by molar-refractivity contribution is 7.98. The second kappa shape index (κ2) is 9.00. The molecular weight excluding hydrogens is 400 g/mol. The molecule has 3 heterocycles. The fourth-order valence-electron chi connectivity index (χ4n) is 3.27. The van der Waals surface area contributed by atoms with E-state index in [9.17, 15) is 4.79 Å². The van der Waals surface area contributed by atoms with Crippen LogP contribution in [0.4, 0.5) is 0 Å². The van der Waals surface area contributed by atoms with E-state index in [1.165, 1.54) is 0 Å². The molecule has 0 aliphatic carbocycles. The summed E-state index contributed by atoms with van der Waals surface area (Å²) in [5.41, 5.74) is 2.73. The van der Waals surface area contributed by atoms with E-state index in [4.69, 9.17) is 4.74 Å². The van der Waals surface area contributed by atoms with Gasteiger partial charge in [-0.3, -0.25) is 14.3 Å². The number of amides is 1. The Kier molecular flexibility index (Phi) is 5.99. The third-order valence-electron chi connectivity index (χ3n) is 4.83. The van der Waals surface area contributed by atoms with Gasteiger partial charge in [-0.25, -0.2) is 0 Å². The van der Waals surface area contributed by atoms with Crippen LogP contribution in [0.1, 0.15) is 28.6 Å². The van der Waals surface area contributed by atoms with Crippen molar-refractivity contribution in [2.75, 3.05) is 19.1 Å². The van der Waals surface area contributed by atoms with E-state index < -0.39 is 0 Å². The smallest absolute Gasteiger partial charge is 0.255 e. The largest absolute Gasteiger partial charge is 0.497 e. The SMILES string of the molecule is COc1ccc(-c2[nH]ncc2C(=O)N[C@H](CCSC)c2nnc3ccccn23)cc1. The third-order valence-corrected chi connectivity index (χ3v) is 5.47. The van der Waals surface area contributed by atoms with Crippen LogP contribution in [-0.4, -0.2) is 49.8 Å². The number of aromatic nitrogens is 5. The number of nitrogens with one attached hydrogen (secondary N) is 2. The highest BCUT2D eigenvalue weighted by atomic mass is 32.2. The average Bonchev–Trinajstić information content (AvgIpc) is 3.44. The number of ether oxygens (including phenoxy) is 1. The maximum absolute atomic E-state index is 13.2. The van der Waals surface area contributed by atoms with Crippen LogP contribution in [0.25, 0.3) is 16.9 Å². The topological polar surface area (TPSA) is 97.2 Å². The van der Waals surface area contributed by atoms with Gasteiger partial charge in [-0.2, -0.15) is 16.9 Å². The fourth-order valence-corrected chi connectivity index (χ4v) is 3.74. The molecule has 8 nitrogen and oxygen atoms in total. The number of H-pyrrole nitrogens is 1. The van der Waals surface area contributed by atoms with Crippen LogP contribution in [0.2, 0.25) is 0 Å². The molecule has 4 aromatic rings. The highest BCUT2D eigenvalue weighted by Crippen LogP contribution is 2.25. The fraction of sp³-hybridized carbons (Fsp3) is 0.238. The number of rotatable bonds is 8. The number of carbonyl (C=O) groups is 1. The highest BCUT2D eigenvalue weighted by Gasteiger charge is 2.23. The average molecular weight is 423 g/mol. The minimum absolute atomic E-state index is 0.214. The van der Waals surface area contributed by atoms with Crippen molar-refractivity contribution in [3.05, 3.63) is 66.2 Å². The van der Waals surface area contributed by atoms with Gasteiger partial charge < -0.3 is 10.1 Å². The standard InChI is InChI=1S/C21H22N6O2S/c1-29-15-8-6-14(7-9-15)19-16(13-22-25-19)21(28)23-17(10-12-30-2)20-26-24-18-5-3-4-11-27(18)20/h3-9,11,13,17H,10,12H2,1-2H3,(H,22,25)(H,23,28)/t17-/m1/s1. The van der Waals surface area contributed by atoms with Crippen molar-refractivity contribution in [1.82, 2.24) is 30.1 Å². The van der Waals surface area contributed by atoms with E-state index in [-0.39, 0.29) is 11.9 Å². The second-order valence-corrected chi connectivity index (χ2v) is 7.67. The molecule has 1 aromatic carbocycles. The molecule has 1 atom stereocenters. The van der Waals surface area contributed by atoms with Gasteiger partial charge in [0, 0.05) is 11.8 Å². The third kappa shape index (κ3) is 4.02. The maximum atomic E-state index is 13.2. The summed E-state index contributed by atoms with van der Waals surface area (Å²) in [6.45, 7) is 0. The Morgan fingerprint density at radius 1 is 1.23 bits per heavy atom. The Balaban J connectivity index is 1.61. The van der Waals surface area contributed by atoms with Crippen molar-refractivity contribution in [2.45, 2.75) is 12.5 Å². The molecule has 30 heavy (non-hydrogen) atoms. The molecule has 0 aliphatic heterocycles. The summed E-state index contributed by atoms with van der Waals surface area (Å²) in [4.78, 5) is 13.2. The van der Waals surface area contributed by atoms with Crippen LogP contribution in [0.5, 0.6) is 5.75 Å². The van der Waals surface area contributed by atoms with E-state index in [0.717, 1.165) is 29.1 Å². The van der Waals surface area contributed by atoms with E-state index in [1.54, 1.807) is 25.1 Å². The van der Waals surface area contributed by atoms with Gasteiger partial charge >= 0.3 is 0 Å². The van der Waals surface area contributed by atoms with Crippen LogP contribution in [0.3, 0.4) is 0 Å². The summed E-state index contributed by atoms with van der Waals surface area (Å²) >= 11 is 1.72. The first-order chi connectivity index (χ1) is 14.7. The zero-order valence-electron chi connectivity index (χ0n) is 16.7. The molecule has 154 valence electrons. The molecule has 0 unspecified atom stereocenters. The zero-order chi connectivity index (χ0) is 20.9. The van der Waals surface area contributed by atoms with E-state index >= 15 is 0 Å². The lowest BCUT2D eigenvalue weighted by Gasteiger charge is -2.17. The van der Waals surface area contributed by atoms with E-state index in [2.05, 4.69) is 25.7 Å². The molecule has 9 heteroatoms. The van der Waals surface area contributed by atoms with Gasteiger partial charge in [-0.15, -0.1) is 10.2 Å². The number of nitrogens with zero attached hydrogens (tertiary/aromatic N) is 4. The van der Waals surface area contributed by atoms with Gasteiger partial charge in [-0.05, 0) is 54.8 Å². The quantitative estimate of drug-likeness (QED) is 0.452. The van der Waals surface area contributed by atoms with Crippen LogP contribution in [-0.2, 0) is 0 Å². The lowest BCUT2D eigenvalue weighted by Crippen LogP contribution is -2.30. The van der Waals surface area contributed by atoms with Gasteiger partial charge in [-0.1, -0.05) is 6.07 Å². The first-order valence-corrected chi connectivity index (χ1v) is 10.9. The number of hydrogen-bond donors (Lipinski definition) is 2. The van der Waals surface area contributed by atoms with Gasteiger partial charge in [0.2, 0.25) is 0 Å². The maximum Gasteiger partial charge on any atom is 0.255 e.